The van der Waals surface area contributed by atoms with E-state index in [0.29, 0.717) is 0 Å². The quantitative estimate of drug-likeness (QED) is 0.538. The van der Waals surface area contributed by atoms with Crippen LogP contribution in [0.3, 0.4) is 0 Å². The molecule has 0 aliphatic carbocycles. The van der Waals surface area contributed by atoms with Gasteiger partial charge in [0.05, 0.1) is 13.2 Å². The average molecular weight is 323 g/mol. The fourth-order valence-corrected chi connectivity index (χ4v) is 10.2. The van der Waals surface area contributed by atoms with Crippen molar-refractivity contribution in [2.45, 2.75) is 69.9 Å². The molecule has 1 aliphatic heterocycles. The number of thiol groups is 2. The average Bonchev–Trinajstić information content (AvgIpc) is 2.29. The Hall–Kier alpha value is 1.09. The molecule has 0 saturated carbocycles. The molecule has 0 unspecified atom stereocenters. The number of hydrogen-bond acceptors (Lipinski definition) is 3. The van der Waals surface area contributed by atoms with Gasteiger partial charge in [0.25, 0.3) is 0 Å². The lowest BCUT2D eigenvalue weighted by Gasteiger charge is -2.52. The minimum absolute atomic E-state index is 0.170. The van der Waals surface area contributed by atoms with Gasteiger partial charge in [-0.05, 0) is 56.7 Å². The van der Waals surface area contributed by atoms with Crippen molar-refractivity contribution >= 4 is 40.7 Å². The Bertz CT molecular complexity index is 262. The van der Waals surface area contributed by atoms with Crippen molar-refractivity contribution in [3.63, 3.8) is 0 Å². The smallest absolute Gasteiger partial charge is 0.174 e. The van der Waals surface area contributed by atoms with Crippen LogP contribution < -0.4 is 0 Å². The molecule has 0 radical (unpaired) electrons. The van der Waals surface area contributed by atoms with E-state index in [-0.39, 0.29) is 5.60 Å². The Balaban J connectivity index is 2.79. The van der Waals surface area contributed by atoms with Gasteiger partial charge in [0.1, 0.15) is 0 Å². The molecule has 0 aromatic rings. The van der Waals surface area contributed by atoms with E-state index >= 15 is 0 Å². The molecule has 0 N–H and O–H groups in total. The number of hydrogen-bond donors (Lipinski definition) is 2. The van der Waals surface area contributed by atoms with Gasteiger partial charge in [-0.3, -0.25) is 0 Å². The maximum Gasteiger partial charge on any atom is 0.174 e. The fraction of sp³-hybridized carbons (Fsp3) is 1.00. The highest BCUT2D eigenvalue weighted by atomic mass is 32.1. The normalized spacial score (nSPS) is 25.0. The van der Waals surface area contributed by atoms with Crippen LogP contribution in [0.2, 0.25) is 32.2 Å². The minimum Gasteiger partial charge on any atom is -0.415 e. The maximum absolute atomic E-state index is 6.81. The van der Waals surface area contributed by atoms with Crippen LogP contribution in [0.1, 0.15) is 32.1 Å². The molecule has 1 heterocycles. The van der Waals surface area contributed by atoms with E-state index in [1.807, 2.05) is 0 Å². The summed E-state index contributed by atoms with van der Waals surface area (Å²) in [6.45, 7) is 9.96. The summed E-state index contributed by atoms with van der Waals surface area (Å²) in [5.74, 6) is 1.96. The Kier molecular flexibility index (Phi) is 6.38. The third-order valence-corrected chi connectivity index (χ3v) is 22.1. The Morgan fingerprint density at radius 2 is 1.50 bits per heavy atom. The molecule has 1 nitrogen and oxygen atoms in total. The maximum atomic E-state index is 6.81. The van der Waals surface area contributed by atoms with Crippen LogP contribution in [0.4, 0.5) is 0 Å². The summed E-state index contributed by atoms with van der Waals surface area (Å²) >= 11 is 8.75. The van der Waals surface area contributed by atoms with E-state index in [1.54, 1.807) is 0 Å². The molecule has 1 saturated heterocycles. The molecule has 0 amide bonds. The topological polar surface area (TPSA) is 9.23 Å². The molecule has 1 rings (SSSR count). The predicted octanol–water partition coefficient (Wildman–Crippen LogP) is 4.56. The van der Waals surface area contributed by atoms with Crippen molar-refractivity contribution < 1.29 is 4.43 Å². The zero-order valence-electron chi connectivity index (χ0n) is 12.5. The lowest BCUT2D eigenvalue weighted by molar-refractivity contribution is 0.0343. The molecular formula is C13H30OS2Si2. The zero-order valence-corrected chi connectivity index (χ0v) is 16.2. The predicted molar refractivity (Wildman–Crippen MR) is 94.4 cm³/mol. The van der Waals surface area contributed by atoms with Crippen LogP contribution in [0.5, 0.6) is 0 Å². The second-order valence-corrected chi connectivity index (χ2v) is 22.9. The first-order chi connectivity index (χ1) is 8.29. The summed E-state index contributed by atoms with van der Waals surface area (Å²) in [6.07, 6.45) is 6.05. The lowest BCUT2D eigenvalue weighted by atomic mass is 9.90. The van der Waals surface area contributed by atoms with E-state index in [0.717, 1.165) is 11.5 Å². The zero-order chi connectivity index (χ0) is 13.9. The summed E-state index contributed by atoms with van der Waals surface area (Å²) in [5, 5.41) is 0. The van der Waals surface area contributed by atoms with Crippen molar-refractivity contribution in [1.29, 1.82) is 0 Å². The summed E-state index contributed by atoms with van der Waals surface area (Å²) in [5.41, 5.74) is 0.170. The molecule has 0 aromatic carbocycles. The summed E-state index contributed by atoms with van der Waals surface area (Å²) in [7, 11) is -2.57. The van der Waals surface area contributed by atoms with E-state index in [9.17, 15) is 0 Å². The van der Waals surface area contributed by atoms with Gasteiger partial charge in [0.2, 0.25) is 0 Å². The van der Waals surface area contributed by atoms with E-state index < -0.39 is 15.4 Å². The van der Waals surface area contributed by atoms with Crippen LogP contribution in [0.25, 0.3) is 0 Å². The van der Waals surface area contributed by atoms with Gasteiger partial charge in [-0.1, -0.05) is 19.1 Å². The second-order valence-electron chi connectivity index (χ2n) is 6.83. The second kappa shape index (κ2) is 6.70. The van der Waals surface area contributed by atoms with Gasteiger partial charge >= 0.3 is 0 Å². The summed E-state index contributed by atoms with van der Waals surface area (Å²) in [6, 6.07) is 1.45. The van der Waals surface area contributed by atoms with Crippen LogP contribution in [-0.2, 0) is 4.43 Å². The van der Waals surface area contributed by atoms with Crippen LogP contribution in [0, 0.1) is 0 Å². The molecule has 1 aliphatic rings. The van der Waals surface area contributed by atoms with Gasteiger partial charge in [-0.15, -0.1) is 0 Å². The molecule has 1 fully saturated rings. The Morgan fingerprint density at radius 1 is 1.00 bits per heavy atom. The highest BCUT2D eigenvalue weighted by molar-refractivity contribution is 7.80. The van der Waals surface area contributed by atoms with E-state index in [1.165, 1.54) is 38.1 Å². The molecule has 0 aromatic heterocycles. The minimum atomic E-state index is -1.46. The summed E-state index contributed by atoms with van der Waals surface area (Å²) in [4.78, 5) is 0. The van der Waals surface area contributed by atoms with Gasteiger partial charge in [-0.25, -0.2) is 0 Å². The van der Waals surface area contributed by atoms with Gasteiger partial charge in [0, 0.05) is 0 Å². The van der Waals surface area contributed by atoms with Crippen LogP contribution in [-0.4, -0.2) is 32.5 Å². The standard InChI is InChI=1S/C13H30OS2Si2/c1-17(2)12-9-13(7-5-10-15,8-6-11-16)14-18(17,3)4/h15-16H,5-12H2,1-4H3. The van der Waals surface area contributed by atoms with Crippen molar-refractivity contribution in [3.05, 3.63) is 0 Å². The monoisotopic (exact) mass is 322 g/mol. The first kappa shape index (κ1) is 17.1. The van der Waals surface area contributed by atoms with Gasteiger partial charge in [0.15, 0.2) is 7.83 Å². The van der Waals surface area contributed by atoms with Crippen LogP contribution in [0.15, 0.2) is 0 Å². The molecule has 0 atom stereocenters. The largest absolute Gasteiger partial charge is 0.415 e. The van der Waals surface area contributed by atoms with Gasteiger partial charge < -0.3 is 4.43 Å². The van der Waals surface area contributed by atoms with Crippen LogP contribution >= 0.6 is 25.3 Å². The fourth-order valence-electron chi connectivity index (χ4n) is 2.85. The molecule has 18 heavy (non-hydrogen) atoms. The first-order valence-corrected chi connectivity index (χ1v) is 15.6. The third kappa shape index (κ3) is 4.04. The lowest BCUT2D eigenvalue weighted by Crippen LogP contribution is -2.65. The van der Waals surface area contributed by atoms with Crippen molar-refractivity contribution in [2.75, 3.05) is 11.5 Å². The Morgan fingerprint density at radius 3 is 1.89 bits per heavy atom. The molecule has 0 spiro atoms. The van der Waals surface area contributed by atoms with E-state index in [2.05, 4.69) is 51.4 Å². The van der Waals surface area contributed by atoms with Gasteiger partial charge in [-0.2, -0.15) is 25.3 Å². The SMILES string of the molecule is C[Si]1(C)CCC(CCCS)(CCCS)O[Si]1(C)C. The van der Waals surface area contributed by atoms with Crippen molar-refractivity contribution in [1.82, 2.24) is 0 Å². The Labute approximate surface area is 126 Å². The molecule has 0 bridgehead atoms. The number of rotatable bonds is 6. The first-order valence-electron chi connectivity index (χ1n) is 7.20. The highest BCUT2D eigenvalue weighted by Crippen LogP contribution is 2.43. The van der Waals surface area contributed by atoms with Crippen molar-refractivity contribution in [2.24, 2.45) is 0 Å². The summed E-state index contributed by atoms with van der Waals surface area (Å²) < 4.78 is 6.81. The third-order valence-electron chi connectivity index (χ3n) is 4.89. The molecule has 108 valence electrons. The van der Waals surface area contributed by atoms with E-state index in [4.69, 9.17) is 4.43 Å². The molecule has 5 heteroatoms. The molecular weight excluding hydrogens is 292 g/mol. The van der Waals surface area contributed by atoms with Crippen molar-refractivity contribution in [3.8, 4) is 0 Å². The highest BCUT2D eigenvalue weighted by Gasteiger charge is 2.52.